The number of piperidine rings is 2. The van der Waals surface area contributed by atoms with Crippen LogP contribution in [0.15, 0.2) is 24.3 Å². The van der Waals surface area contributed by atoms with Crippen LogP contribution in [0.5, 0.6) is 0 Å². The summed E-state index contributed by atoms with van der Waals surface area (Å²) in [5.41, 5.74) is 1.78. The van der Waals surface area contributed by atoms with Crippen LogP contribution in [0.3, 0.4) is 0 Å². The SMILES string of the molecule is CC(=O)c1sc(NC(=O)N[C@@H]2CCN(C(=O)C3CCCC3)C[C@H]2CN2CCCC(Cc3ccc(F)cc3)C2)nc1C. The Morgan fingerprint density at radius 2 is 1.78 bits per heavy atom. The van der Waals surface area contributed by atoms with Gasteiger partial charge < -0.3 is 15.1 Å². The summed E-state index contributed by atoms with van der Waals surface area (Å²) in [5, 5.41) is 6.43. The second-order valence-electron chi connectivity index (χ2n) is 12.1. The highest BCUT2D eigenvalue weighted by molar-refractivity contribution is 7.17. The molecule has 3 fully saturated rings. The number of benzene rings is 1. The van der Waals surface area contributed by atoms with Crippen molar-refractivity contribution in [3.8, 4) is 0 Å². The first-order valence-corrected chi connectivity index (χ1v) is 15.9. The third-order valence-corrected chi connectivity index (χ3v) is 10.1. The molecular formula is C31H42FN5O3S. The van der Waals surface area contributed by atoms with E-state index in [0.29, 0.717) is 41.1 Å². The minimum atomic E-state index is -0.327. The van der Waals surface area contributed by atoms with Gasteiger partial charge in [0.25, 0.3) is 0 Å². The van der Waals surface area contributed by atoms with Gasteiger partial charge in [-0.25, -0.2) is 14.2 Å². The predicted octanol–water partition coefficient (Wildman–Crippen LogP) is 5.28. The number of aryl methyl sites for hydroxylation is 1. The van der Waals surface area contributed by atoms with Crippen LogP contribution in [0.2, 0.25) is 0 Å². The Balaban J connectivity index is 1.24. The Morgan fingerprint density at radius 3 is 2.49 bits per heavy atom. The van der Waals surface area contributed by atoms with Crippen LogP contribution < -0.4 is 10.6 Å². The number of carbonyl (C=O) groups excluding carboxylic acids is 3. The highest BCUT2D eigenvalue weighted by atomic mass is 32.1. The number of likely N-dealkylation sites (tertiary alicyclic amines) is 2. The van der Waals surface area contributed by atoms with Crippen LogP contribution in [0.25, 0.3) is 0 Å². The van der Waals surface area contributed by atoms with Crippen LogP contribution in [0.1, 0.15) is 72.8 Å². The quantitative estimate of drug-likeness (QED) is 0.413. The maximum atomic E-state index is 13.4. The number of amides is 3. The Hall–Kier alpha value is -2.85. The number of nitrogens with one attached hydrogen (secondary N) is 2. The Bertz CT molecular complexity index is 1230. The molecule has 1 aliphatic carbocycles. The molecule has 222 valence electrons. The van der Waals surface area contributed by atoms with Crippen molar-refractivity contribution in [1.82, 2.24) is 20.1 Å². The topological polar surface area (TPSA) is 94.6 Å². The molecule has 0 radical (unpaired) electrons. The van der Waals surface area contributed by atoms with E-state index in [9.17, 15) is 18.8 Å². The zero-order chi connectivity index (χ0) is 28.9. The largest absolute Gasteiger partial charge is 0.342 e. The Morgan fingerprint density at radius 1 is 1.02 bits per heavy atom. The van der Waals surface area contributed by atoms with Crippen molar-refractivity contribution in [2.24, 2.45) is 17.8 Å². The number of hydrogen-bond donors (Lipinski definition) is 2. The van der Waals surface area contributed by atoms with Crippen molar-refractivity contribution in [3.63, 3.8) is 0 Å². The minimum Gasteiger partial charge on any atom is -0.342 e. The van der Waals surface area contributed by atoms with Crippen molar-refractivity contribution in [1.29, 1.82) is 0 Å². The first kappa shape index (κ1) is 29.6. The van der Waals surface area contributed by atoms with E-state index in [-0.39, 0.29) is 41.4 Å². The predicted molar refractivity (Wildman–Crippen MR) is 159 cm³/mol. The number of Topliss-reactive ketones (excluding diaryl/α,β-unsaturated/α-hetero) is 1. The molecule has 3 atom stereocenters. The van der Waals surface area contributed by atoms with Gasteiger partial charge in [0.1, 0.15) is 5.82 Å². The smallest absolute Gasteiger partial charge is 0.321 e. The summed E-state index contributed by atoms with van der Waals surface area (Å²) in [5.74, 6) is 0.745. The van der Waals surface area contributed by atoms with Gasteiger partial charge >= 0.3 is 6.03 Å². The zero-order valence-corrected chi connectivity index (χ0v) is 25.0. The molecule has 0 bridgehead atoms. The molecule has 2 aliphatic heterocycles. The fourth-order valence-electron chi connectivity index (χ4n) is 6.89. The average molecular weight is 584 g/mol. The van der Waals surface area contributed by atoms with Gasteiger partial charge in [-0.05, 0) is 75.6 Å². The molecule has 1 unspecified atom stereocenters. The summed E-state index contributed by atoms with van der Waals surface area (Å²) in [7, 11) is 0. The van der Waals surface area contributed by atoms with Crippen LogP contribution in [-0.4, -0.2) is 71.3 Å². The van der Waals surface area contributed by atoms with E-state index in [1.165, 1.54) is 30.4 Å². The van der Waals surface area contributed by atoms with Gasteiger partial charge in [-0.3, -0.25) is 14.9 Å². The number of nitrogens with zero attached hydrogens (tertiary/aromatic N) is 3. The van der Waals surface area contributed by atoms with E-state index in [1.54, 1.807) is 6.92 Å². The molecule has 10 heteroatoms. The first-order valence-electron chi connectivity index (χ1n) is 15.1. The van der Waals surface area contributed by atoms with E-state index in [2.05, 4.69) is 20.5 Å². The summed E-state index contributed by atoms with van der Waals surface area (Å²) in [4.78, 5) is 47.6. The highest BCUT2D eigenvalue weighted by Crippen LogP contribution is 2.30. The maximum Gasteiger partial charge on any atom is 0.321 e. The summed E-state index contributed by atoms with van der Waals surface area (Å²) in [6.07, 6.45) is 8.10. The van der Waals surface area contributed by atoms with Crippen molar-refractivity contribution < 1.29 is 18.8 Å². The average Bonchev–Trinajstić information content (AvgIpc) is 3.61. The van der Waals surface area contributed by atoms with E-state index in [0.717, 1.165) is 70.1 Å². The number of anilines is 1. The molecule has 1 saturated carbocycles. The summed E-state index contributed by atoms with van der Waals surface area (Å²) in [6, 6.07) is 6.42. The lowest BCUT2D eigenvalue weighted by Crippen LogP contribution is -2.57. The Kier molecular flexibility index (Phi) is 9.70. The first-order chi connectivity index (χ1) is 19.7. The third-order valence-electron chi connectivity index (χ3n) is 8.94. The molecule has 2 aromatic rings. The number of carbonyl (C=O) groups is 3. The molecular weight excluding hydrogens is 541 g/mol. The number of ketones is 1. The third kappa shape index (κ3) is 7.71. The van der Waals surface area contributed by atoms with Gasteiger partial charge in [-0.1, -0.05) is 36.3 Å². The molecule has 3 amide bonds. The van der Waals surface area contributed by atoms with Crippen LogP contribution in [-0.2, 0) is 11.2 Å². The van der Waals surface area contributed by atoms with Crippen LogP contribution in [0, 0.1) is 30.5 Å². The number of rotatable bonds is 8. The molecule has 1 aromatic heterocycles. The lowest BCUT2D eigenvalue weighted by molar-refractivity contribution is -0.137. The number of thiazole rings is 1. The molecule has 3 heterocycles. The van der Waals surface area contributed by atoms with E-state index in [4.69, 9.17) is 0 Å². The van der Waals surface area contributed by atoms with Gasteiger partial charge in [0, 0.05) is 51.0 Å². The minimum absolute atomic E-state index is 0.0629. The summed E-state index contributed by atoms with van der Waals surface area (Å²) >= 11 is 1.19. The number of aromatic nitrogens is 1. The number of halogens is 1. The van der Waals surface area contributed by atoms with Crippen LogP contribution >= 0.6 is 11.3 Å². The standard InChI is InChI=1S/C31H42FN5O3S/c1-20-28(21(2)38)41-31(33-20)35-30(40)34-27-13-15-37(29(39)24-7-3-4-8-24)19-25(27)18-36-14-5-6-23(17-36)16-22-9-11-26(32)12-10-22/h9-12,23-25,27H,3-8,13-19H2,1-2H3,(H2,33,34,35,40)/t23?,25-,27-/m1/s1. The maximum absolute atomic E-state index is 13.4. The number of hydrogen-bond acceptors (Lipinski definition) is 6. The van der Waals surface area contributed by atoms with Gasteiger partial charge in [0.15, 0.2) is 10.9 Å². The monoisotopic (exact) mass is 583 g/mol. The van der Waals surface area contributed by atoms with Gasteiger partial charge in [0.2, 0.25) is 5.91 Å². The highest BCUT2D eigenvalue weighted by Gasteiger charge is 2.37. The molecule has 0 spiro atoms. The summed E-state index contributed by atoms with van der Waals surface area (Å²) in [6.45, 7) is 7.32. The lowest BCUT2D eigenvalue weighted by atomic mass is 9.87. The molecule has 1 aromatic carbocycles. The fraction of sp³-hybridized carbons (Fsp3) is 0.613. The van der Waals surface area contributed by atoms with E-state index >= 15 is 0 Å². The van der Waals surface area contributed by atoms with Gasteiger partial charge in [-0.2, -0.15) is 0 Å². The molecule has 2 saturated heterocycles. The molecule has 5 rings (SSSR count). The van der Waals surface area contributed by atoms with Gasteiger partial charge in [0.05, 0.1) is 10.6 Å². The van der Waals surface area contributed by atoms with Crippen molar-refractivity contribution >= 4 is 34.2 Å². The van der Waals surface area contributed by atoms with Crippen molar-refractivity contribution in [2.45, 2.75) is 71.3 Å². The fourth-order valence-corrected chi connectivity index (χ4v) is 7.74. The molecule has 41 heavy (non-hydrogen) atoms. The molecule has 2 N–H and O–H groups in total. The van der Waals surface area contributed by atoms with E-state index < -0.39 is 0 Å². The molecule has 8 nitrogen and oxygen atoms in total. The van der Waals surface area contributed by atoms with Crippen molar-refractivity contribution in [3.05, 3.63) is 46.2 Å². The number of urea groups is 1. The normalized spacial score (nSPS) is 23.9. The van der Waals surface area contributed by atoms with Crippen molar-refractivity contribution in [2.75, 3.05) is 38.0 Å². The van der Waals surface area contributed by atoms with E-state index in [1.807, 2.05) is 17.0 Å². The summed E-state index contributed by atoms with van der Waals surface area (Å²) < 4.78 is 13.4. The second kappa shape index (κ2) is 13.4. The second-order valence-corrected chi connectivity index (χ2v) is 13.1. The lowest BCUT2D eigenvalue weighted by Gasteiger charge is -2.43. The molecule has 3 aliphatic rings. The van der Waals surface area contributed by atoms with Crippen LogP contribution in [0.4, 0.5) is 14.3 Å². The Labute approximate surface area is 246 Å². The zero-order valence-electron chi connectivity index (χ0n) is 24.2. The van der Waals surface area contributed by atoms with Gasteiger partial charge in [-0.15, -0.1) is 0 Å².